The third-order valence-corrected chi connectivity index (χ3v) is 4.02. The van der Waals surface area contributed by atoms with Gasteiger partial charge in [-0.2, -0.15) is 20.5 Å². The molecule has 1 rings (SSSR count). The van der Waals surface area contributed by atoms with Gasteiger partial charge < -0.3 is 10.1 Å². The quantitative estimate of drug-likeness (QED) is 0.589. The fourth-order valence-electron chi connectivity index (χ4n) is 2.20. The summed E-state index contributed by atoms with van der Waals surface area (Å²) in [6, 6.07) is 6.97. The molecule has 0 bridgehead atoms. The van der Waals surface area contributed by atoms with Crippen LogP contribution in [0.15, 0.2) is 24.3 Å². The fourth-order valence-corrected chi connectivity index (χ4v) is 2.69. The van der Waals surface area contributed by atoms with Gasteiger partial charge in [0.25, 0.3) is 0 Å². The van der Waals surface area contributed by atoms with Gasteiger partial charge in [0.05, 0.1) is 0 Å². The molecule has 0 amide bonds. The molecule has 1 unspecified atom stereocenters. The predicted molar refractivity (Wildman–Crippen MR) is 86.3 cm³/mol. The van der Waals surface area contributed by atoms with E-state index in [-0.39, 0.29) is 11.8 Å². The Kier molecular flexibility index (Phi) is 9.42. The zero-order valence-corrected chi connectivity index (χ0v) is 13.6. The third kappa shape index (κ3) is 7.67. The maximum atomic E-state index is 12.4. The molecule has 0 saturated carbocycles. The van der Waals surface area contributed by atoms with E-state index >= 15 is 0 Å². The Balaban J connectivity index is 2.33. The summed E-state index contributed by atoms with van der Waals surface area (Å²) in [5.74, 6) is 1.48. The number of halogens is 2. The van der Waals surface area contributed by atoms with E-state index in [9.17, 15) is 8.78 Å². The molecule has 0 aliphatic carbocycles. The van der Waals surface area contributed by atoms with E-state index in [1.165, 1.54) is 25.0 Å². The summed E-state index contributed by atoms with van der Waals surface area (Å²) >= 11 is 1.88. The van der Waals surface area contributed by atoms with Crippen molar-refractivity contribution in [3.63, 3.8) is 0 Å². The molecule has 1 atom stereocenters. The number of unbranched alkanes of at least 4 members (excludes halogenated alkanes) is 3. The minimum Gasteiger partial charge on any atom is -0.434 e. The first-order valence-corrected chi connectivity index (χ1v) is 8.80. The highest BCUT2D eigenvalue weighted by atomic mass is 32.2. The monoisotopic (exact) mass is 317 g/mol. The van der Waals surface area contributed by atoms with Crippen molar-refractivity contribution in [1.29, 1.82) is 0 Å². The minimum absolute atomic E-state index is 0.00569. The summed E-state index contributed by atoms with van der Waals surface area (Å²) in [7, 11) is 0. The zero-order chi connectivity index (χ0) is 15.5. The molecule has 0 heterocycles. The molecule has 1 aromatic carbocycles. The standard InChI is InChI=1S/C16H25F2NOS/c1-13(19-11-7-3-4-8-12-21-2)14-9-5-6-10-15(14)20-16(17)18/h5-6,9-10,13,16,19H,3-4,7-8,11-12H2,1-2H3. The topological polar surface area (TPSA) is 21.3 Å². The van der Waals surface area contributed by atoms with Crippen molar-refractivity contribution in [2.75, 3.05) is 18.6 Å². The summed E-state index contributed by atoms with van der Waals surface area (Å²) in [4.78, 5) is 0. The van der Waals surface area contributed by atoms with E-state index in [0.29, 0.717) is 0 Å². The summed E-state index contributed by atoms with van der Waals surface area (Å²) < 4.78 is 29.3. The Morgan fingerprint density at radius 1 is 1.14 bits per heavy atom. The normalized spacial score (nSPS) is 12.6. The van der Waals surface area contributed by atoms with Crippen molar-refractivity contribution in [3.8, 4) is 5.75 Å². The molecule has 21 heavy (non-hydrogen) atoms. The lowest BCUT2D eigenvalue weighted by molar-refractivity contribution is -0.0506. The number of hydrogen-bond acceptors (Lipinski definition) is 3. The fraction of sp³-hybridized carbons (Fsp3) is 0.625. The van der Waals surface area contributed by atoms with Gasteiger partial charge in [-0.1, -0.05) is 31.0 Å². The second-order valence-electron chi connectivity index (χ2n) is 5.00. The van der Waals surface area contributed by atoms with Crippen LogP contribution in [0.5, 0.6) is 5.75 Å². The first-order chi connectivity index (χ1) is 10.1. The molecule has 0 fully saturated rings. The van der Waals surface area contributed by atoms with Gasteiger partial charge in [0.2, 0.25) is 0 Å². The van der Waals surface area contributed by atoms with E-state index in [1.807, 2.05) is 30.8 Å². The van der Waals surface area contributed by atoms with Crippen LogP contribution in [0.3, 0.4) is 0 Å². The number of benzene rings is 1. The summed E-state index contributed by atoms with van der Waals surface area (Å²) in [6.07, 6.45) is 6.96. The maximum Gasteiger partial charge on any atom is 0.387 e. The van der Waals surface area contributed by atoms with Crippen LogP contribution in [0.1, 0.15) is 44.2 Å². The summed E-state index contributed by atoms with van der Waals surface area (Å²) in [6.45, 7) is 0.0833. The summed E-state index contributed by atoms with van der Waals surface area (Å²) in [5, 5.41) is 3.37. The smallest absolute Gasteiger partial charge is 0.387 e. The van der Waals surface area contributed by atoms with Crippen LogP contribution in [0.2, 0.25) is 0 Å². The van der Waals surface area contributed by atoms with Crippen molar-refractivity contribution < 1.29 is 13.5 Å². The van der Waals surface area contributed by atoms with Crippen LogP contribution >= 0.6 is 11.8 Å². The van der Waals surface area contributed by atoms with E-state index in [2.05, 4.69) is 16.3 Å². The highest BCUT2D eigenvalue weighted by Gasteiger charge is 2.13. The lowest BCUT2D eigenvalue weighted by Crippen LogP contribution is -2.21. The second kappa shape index (κ2) is 10.9. The van der Waals surface area contributed by atoms with Crippen LogP contribution in [-0.2, 0) is 0 Å². The van der Waals surface area contributed by atoms with E-state index < -0.39 is 6.61 Å². The van der Waals surface area contributed by atoms with E-state index in [4.69, 9.17) is 0 Å². The van der Waals surface area contributed by atoms with Crippen molar-refractivity contribution in [2.24, 2.45) is 0 Å². The van der Waals surface area contributed by atoms with Gasteiger partial charge in [0.15, 0.2) is 0 Å². The highest BCUT2D eigenvalue weighted by Crippen LogP contribution is 2.26. The molecule has 0 radical (unpaired) electrons. The first kappa shape index (κ1) is 18.2. The van der Waals surface area contributed by atoms with Crippen LogP contribution in [0, 0.1) is 0 Å². The molecule has 0 spiro atoms. The highest BCUT2D eigenvalue weighted by molar-refractivity contribution is 7.98. The van der Waals surface area contributed by atoms with Crippen LogP contribution < -0.4 is 10.1 Å². The van der Waals surface area contributed by atoms with Gasteiger partial charge >= 0.3 is 6.61 Å². The lowest BCUT2D eigenvalue weighted by Gasteiger charge is -2.18. The number of thioether (sulfide) groups is 1. The largest absolute Gasteiger partial charge is 0.434 e. The van der Waals surface area contributed by atoms with Gasteiger partial charge in [0.1, 0.15) is 5.75 Å². The van der Waals surface area contributed by atoms with Crippen LogP contribution in [0.4, 0.5) is 8.78 Å². The Morgan fingerprint density at radius 3 is 2.57 bits per heavy atom. The third-order valence-electron chi connectivity index (χ3n) is 3.33. The molecule has 0 aliphatic heterocycles. The van der Waals surface area contributed by atoms with Crippen molar-refractivity contribution in [2.45, 2.75) is 45.3 Å². The number of alkyl halides is 2. The Hall–Kier alpha value is -0.810. The van der Waals surface area contributed by atoms with Crippen molar-refractivity contribution in [3.05, 3.63) is 29.8 Å². The lowest BCUT2D eigenvalue weighted by atomic mass is 10.1. The molecule has 0 saturated heterocycles. The van der Waals surface area contributed by atoms with E-state index in [0.717, 1.165) is 18.5 Å². The van der Waals surface area contributed by atoms with Gasteiger partial charge in [-0.3, -0.25) is 0 Å². The molecule has 0 aliphatic rings. The van der Waals surface area contributed by atoms with Crippen molar-refractivity contribution in [1.82, 2.24) is 5.32 Å². The molecule has 1 N–H and O–H groups in total. The zero-order valence-electron chi connectivity index (χ0n) is 12.8. The molecule has 1 aromatic rings. The van der Waals surface area contributed by atoms with Gasteiger partial charge in [-0.15, -0.1) is 0 Å². The number of rotatable bonds is 11. The number of ether oxygens (including phenoxy) is 1. The number of nitrogens with one attached hydrogen (secondary N) is 1. The second-order valence-corrected chi connectivity index (χ2v) is 5.98. The number of para-hydroxylation sites is 1. The Morgan fingerprint density at radius 2 is 1.86 bits per heavy atom. The van der Waals surface area contributed by atoms with Crippen LogP contribution in [0.25, 0.3) is 0 Å². The Bertz CT molecular complexity index is 390. The number of hydrogen-bond donors (Lipinski definition) is 1. The summed E-state index contributed by atoms with van der Waals surface area (Å²) in [5.41, 5.74) is 0.778. The maximum absolute atomic E-state index is 12.4. The average Bonchev–Trinajstić information content (AvgIpc) is 2.46. The Labute approximate surface area is 130 Å². The van der Waals surface area contributed by atoms with Crippen molar-refractivity contribution >= 4 is 11.8 Å². The average molecular weight is 317 g/mol. The molecule has 0 aromatic heterocycles. The minimum atomic E-state index is -2.78. The van der Waals surface area contributed by atoms with Gasteiger partial charge in [-0.05, 0) is 44.4 Å². The molecule has 5 heteroatoms. The van der Waals surface area contributed by atoms with Gasteiger partial charge in [-0.25, -0.2) is 0 Å². The molecule has 120 valence electrons. The first-order valence-electron chi connectivity index (χ1n) is 7.41. The SMILES string of the molecule is CSCCCCCCNC(C)c1ccccc1OC(F)F. The molecular weight excluding hydrogens is 292 g/mol. The van der Waals surface area contributed by atoms with E-state index in [1.54, 1.807) is 12.1 Å². The van der Waals surface area contributed by atoms with Gasteiger partial charge in [0, 0.05) is 11.6 Å². The molecular formula is C16H25F2NOS. The molecule has 2 nitrogen and oxygen atoms in total. The predicted octanol–water partition coefficient (Wildman–Crippen LogP) is 4.86. The van der Waals surface area contributed by atoms with Crippen LogP contribution in [-0.4, -0.2) is 25.2 Å².